The lowest BCUT2D eigenvalue weighted by Crippen LogP contribution is -2.58. The van der Waals surface area contributed by atoms with E-state index >= 15 is 0 Å². The van der Waals surface area contributed by atoms with Gasteiger partial charge in [0.15, 0.2) is 0 Å². The van der Waals surface area contributed by atoms with Crippen molar-refractivity contribution in [3.05, 3.63) is 36.0 Å². The second-order valence-electron chi connectivity index (χ2n) is 14.6. The first-order valence-electron chi connectivity index (χ1n) is 17.5. The molecule has 16 heteroatoms. The van der Waals surface area contributed by atoms with E-state index in [9.17, 15) is 32.7 Å². The smallest absolute Gasteiger partial charge is 0.405 e. The lowest BCUT2D eigenvalue weighted by molar-refractivity contribution is -0.141. The van der Waals surface area contributed by atoms with Gasteiger partial charge in [-0.2, -0.15) is 0 Å². The summed E-state index contributed by atoms with van der Waals surface area (Å²) >= 11 is 0. The number of aromatic nitrogens is 2. The van der Waals surface area contributed by atoms with Crippen molar-refractivity contribution < 1.29 is 42.2 Å². The number of sulfonamides is 1. The van der Waals surface area contributed by atoms with Gasteiger partial charge in [-0.25, -0.2) is 23.2 Å². The topological polar surface area (TPSA) is 206 Å². The molecule has 3 fully saturated rings. The summed E-state index contributed by atoms with van der Waals surface area (Å²) in [6.07, 6.45) is 5.62. The molecule has 4 aliphatic rings. The Morgan fingerprint density at radius 1 is 1.12 bits per heavy atom. The summed E-state index contributed by atoms with van der Waals surface area (Å²) in [6.45, 7) is 5.39. The maximum atomic E-state index is 14.3. The van der Waals surface area contributed by atoms with Gasteiger partial charge in [-0.3, -0.25) is 19.1 Å². The van der Waals surface area contributed by atoms with E-state index in [4.69, 9.17) is 19.4 Å². The Balaban J connectivity index is 1.32. The molecule has 4 N–H and O–H groups in total. The number of methoxy groups -OCH3 is 1. The monoisotopic (exact) mass is 726 g/mol. The fourth-order valence-corrected chi connectivity index (χ4v) is 8.19. The van der Waals surface area contributed by atoms with Gasteiger partial charge < -0.3 is 30.1 Å². The van der Waals surface area contributed by atoms with Crippen molar-refractivity contribution in [2.24, 2.45) is 5.92 Å². The lowest BCUT2D eigenvalue weighted by Gasteiger charge is -2.29. The van der Waals surface area contributed by atoms with E-state index in [1.165, 1.54) is 4.90 Å². The van der Waals surface area contributed by atoms with E-state index in [0.717, 1.165) is 12.8 Å². The predicted molar refractivity (Wildman–Crippen MR) is 186 cm³/mol. The molecule has 15 nitrogen and oxygen atoms in total. The summed E-state index contributed by atoms with van der Waals surface area (Å²) in [5.41, 5.74) is 0.202. The number of ether oxygens (including phenoxy) is 2. The third-order valence-electron chi connectivity index (χ3n) is 10.5. The molecule has 0 spiro atoms. The quantitative estimate of drug-likeness (QED) is 0.291. The largest absolute Gasteiger partial charge is 0.497 e. The van der Waals surface area contributed by atoms with Crippen molar-refractivity contribution in [1.29, 1.82) is 0 Å². The molecule has 0 bridgehead atoms. The highest BCUT2D eigenvalue weighted by molar-refractivity contribution is 7.91. The number of rotatable bonds is 8. The Morgan fingerprint density at radius 3 is 2.57 bits per heavy atom. The molecular formula is C35H46N6O9S. The molecule has 2 aromatic rings. The van der Waals surface area contributed by atoms with Crippen LogP contribution in [0, 0.1) is 5.92 Å². The van der Waals surface area contributed by atoms with Crippen LogP contribution in [-0.4, -0.2) is 94.3 Å². The van der Waals surface area contributed by atoms with Crippen molar-refractivity contribution >= 4 is 44.9 Å². The summed E-state index contributed by atoms with van der Waals surface area (Å²) < 4.78 is 39.1. The van der Waals surface area contributed by atoms with Crippen molar-refractivity contribution in [2.75, 3.05) is 13.7 Å². The highest BCUT2D eigenvalue weighted by atomic mass is 32.2. The number of allylic oxidation sites excluding steroid dienone is 1. The van der Waals surface area contributed by atoms with Gasteiger partial charge in [-0.1, -0.05) is 38.8 Å². The molecule has 51 heavy (non-hydrogen) atoms. The van der Waals surface area contributed by atoms with Crippen LogP contribution in [0.5, 0.6) is 11.6 Å². The van der Waals surface area contributed by atoms with Crippen molar-refractivity contribution in [3.63, 3.8) is 0 Å². The third-order valence-corrected chi connectivity index (χ3v) is 12.6. The number of benzene rings is 1. The standard InChI is InChI=1S/C35H46N6O9S/c1-20(2)28-30(37-26-16-22(49-4)12-13-24(26)36-28)50-23-17-27-29(42)39-35(32(44)40-51(47,48)34(3)14-15-34)18-21(35)10-8-6-5-7-9-11-25(38-33(45)46)31(43)41(27)19-23/h8,10,12-13,16,20-21,23,25,27,38H,5-7,9,11,14-15,17-19H2,1-4H3,(H,39,42)(H,40,44)(H,45,46)/b10-8-/t21-,23-,25+,27+,35-/m1/s1. The predicted octanol–water partition coefficient (Wildman–Crippen LogP) is 3.14. The molecule has 2 saturated carbocycles. The van der Waals surface area contributed by atoms with E-state index in [2.05, 4.69) is 15.4 Å². The van der Waals surface area contributed by atoms with Crippen LogP contribution >= 0.6 is 0 Å². The first kappa shape index (κ1) is 36.3. The minimum absolute atomic E-state index is 0.00129. The highest BCUT2D eigenvalue weighted by Gasteiger charge is 2.63. The van der Waals surface area contributed by atoms with Crippen LogP contribution in [0.1, 0.15) is 90.2 Å². The maximum absolute atomic E-state index is 14.3. The van der Waals surface area contributed by atoms with Gasteiger partial charge in [0.25, 0.3) is 5.91 Å². The second kappa shape index (κ2) is 13.9. The maximum Gasteiger partial charge on any atom is 0.405 e. The van der Waals surface area contributed by atoms with Crippen LogP contribution in [0.3, 0.4) is 0 Å². The van der Waals surface area contributed by atoms with Crippen LogP contribution in [0.25, 0.3) is 11.0 Å². The van der Waals surface area contributed by atoms with E-state index in [1.54, 1.807) is 32.2 Å². The fourth-order valence-electron chi connectivity index (χ4n) is 6.87. The van der Waals surface area contributed by atoms with E-state index < -0.39 is 68.2 Å². The number of nitrogens with zero attached hydrogens (tertiary/aromatic N) is 3. The molecule has 1 aromatic heterocycles. The number of fused-ring (bicyclic) bond motifs is 3. The number of hydrogen-bond donors (Lipinski definition) is 4. The van der Waals surface area contributed by atoms with Gasteiger partial charge in [-0.05, 0) is 57.6 Å². The van der Waals surface area contributed by atoms with Gasteiger partial charge >= 0.3 is 6.09 Å². The van der Waals surface area contributed by atoms with Gasteiger partial charge in [0.05, 0.1) is 29.4 Å². The minimum atomic E-state index is -3.99. The summed E-state index contributed by atoms with van der Waals surface area (Å²) in [5.74, 6) is -1.81. The molecule has 276 valence electrons. The molecular weight excluding hydrogens is 680 g/mol. The summed E-state index contributed by atoms with van der Waals surface area (Å²) in [4.78, 5) is 64.7. The van der Waals surface area contributed by atoms with Crippen molar-refractivity contribution in [3.8, 4) is 11.6 Å². The van der Waals surface area contributed by atoms with Crippen LogP contribution in [0.15, 0.2) is 30.4 Å². The molecule has 2 aliphatic heterocycles. The molecule has 1 aromatic carbocycles. The second-order valence-corrected chi connectivity index (χ2v) is 16.8. The van der Waals surface area contributed by atoms with Crippen molar-refractivity contribution in [1.82, 2.24) is 30.2 Å². The molecule has 0 unspecified atom stereocenters. The normalized spacial score (nSPS) is 28.4. The molecule has 0 radical (unpaired) electrons. The first-order valence-corrected chi connectivity index (χ1v) is 19.0. The molecule has 2 aliphatic carbocycles. The first-order chi connectivity index (χ1) is 24.2. The Bertz CT molecular complexity index is 1860. The van der Waals surface area contributed by atoms with Crippen LogP contribution in [0.4, 0.5) is 4.79 Å². The number of carbonyl (C=O) groups is 4. The van der Waals surface area contributed by atoms with E-state index in [1.807, 2.05) is 26.0 Å². The SMILES string of the molecule is COc1ccc2nc(C(C)C)c(O[C@@H]3C[C@H]4C(=O)N[C@]5(C(=O)NS(=O)(=O)C6(C)CC6)C[C@H]5/C=C\CCCCC[C@H](NC(=O)O)C(=O)N4C3)nc2c1. The minimum Gasteiger partial charge on any atom is -0.497 e. The zero-order valence-corrected chi connectivity index (χ0v) is 30.1. The molecule has 5 atom stereocenters. The van der Waals surface area contributed by atoms with Crippen LogP contribution in [0.2, 0.25) is 0 Å². The molecule has 3 heterocycles. The van der Waals surface area contributed by atoms with E-state index in [-0.39, 0.29) is 37.6 Å². The Kier molecular flexibility index (Phi) is 9.92. The van der Waals surface area contributed by atoms with Crippen LogP contribution < -0.4 is 24.8 Å². The Morgan fingerprint density at radius 2 is 1.88 bits per heavy atom. The zero-order chi connectivity index (χ0) is 36.7. The number of nitrogens with one attached hydrogen (secondary N) is 3. The highest BCUT2D eigenvalue weighted by Crippen LogP contribution is 2.47. The third kappa shape index (κ3) is 7.46. The average molecular weight is 727 g/mol. The summed E-state index contributed by atoms with van der Waals surface area (Å²) in [7, 11) is -2.45. The number of amides is 4. The average Bonchev–Trinajstić information content (AvgIpc) is 3.96. The van der Waals surface area contributed by atoms with Gasteiger partial charge in [0.1, 0.15) is 35.2 Å². The van der Waals surface area contributed by atoms with Gasteiger partial charge in [0.2, 0.25) is 27.7 Å². The lowest BCUT2D eigenvalue weighted by atomic mass is 10.1. The summed E-state index contributed by atoms with van der Waals surface area (Å²) in [5, 5.41) is 14.8. The molecule has 1 saturated heterocycles. The van der Waals surface area contributed by atoms with Crippen LogP contribution in [-0.2, 0) is 24.4 Å². The molecule has 4 amide bonds. The summed E-state index contributed by atoms with van der Waals surface area (Å²) in [6, 6.07) is 3.03. The molecule has 6 rings (SSSR count). The Labute approximate surface area is 297 Å². The zero-order valence-electron chi connectivity index (χ0n) is 29.3. The Hall–Kier alpha value is -4.47. The number of hydrogen-bond acceptors (Lipinski definition) is 10. The van der Waals surface area contributed by atoms with Crippen molar-refractivity contribution in [2.45, 2.75) is 113 Å². The number of carboxylic acid groups (broad SMARTS) is 1. The van der Waals surface area contributed by atoms with Gasteiger partial charge in [-0.15, -0.1) is 0 Å². The fraction of sp³-hybridized carbons (Fsp3) is 0.600. The van der Waals surface area contributed by atoms with E-state index in [0.29, 0.717) is 48.2 Å². The number of carbonyl (C=O) groups excluding carboxylic acids is 3. The van der Waals surface area contributed by atoms with Gasteiger partial charge in [0, 0.05) is 24.3 Å².